The van der Waals surface area contributed by atoms with Crippen LogP contribution in [0.3, 0.4) is 0 Å². The lowest BCUT2D eigenvalue weighted by atomic mass is 10.4. The average molecular weight is 111 g/mol. The van der Waals surface area contributed by atoms with Gasteiger partial charge in [0.2, 0.25) is 0 Å². The molecule has 0 unspecified atom stereocenters. The highest BCUT2D eigenvalue weighted by molar-refractivity contribution is 5.58. The maximum atomic E-state index is 4.10. The fraction of sp³-hybridized carbons (Fsp3) is 0.571. The number of hydrogen-bond acceptors (Lipinski definition) is 1. The Morgan fingerprint density at radius 2 is 2.25 bits per heavy atom. The predicted octanol–water partition coefficient (Wildman–Crippen LogP) is 2.39. The molecule has 0 aliphatic rings. The molecule has 0 saturated carbocycles. The average Bonchev–Trinajstić information content (AvgIpc) is 1.83. The minimum atomic E-state index is 1.02. The minimum absolute atomic E-state index is 1.02. The zero-order valence-electron chi connectivity index (χ0n) is 5.81. The smallest absolute Gasteiger partial charge is 0.0326 e. The lowest BCUT2D eigenvalue weighted by Crippen LogP contribution is -1.69. The second-order valence-corrected chi connectivity index (χ2v) is 1.65. The second kappa shape index (κ2) is 4.57. The summed E-state index contributed by atoms with van der Waals surface area (Å²) in [5.41, 5.74) is 1.09. The van der Waals surface area contributed by atoms with Gasteiger partial charge in [-0.05, 0) is 20.3 Å². The molecule has 8 heavy (non-hydrogen) atoms. The van der Waals surface area contributed by atoms with Crippen LogP contribution in [0.4, 0.5) is 0 Å². The molecule has 0 rings (SSSR count). The number of hydrogen-bond donors (Lipinski definition) is 0. The summed E-state index contributed by atoms with van der Waals surface area (Å²) in [7, 11) is 0. The summed E-state index contributed by atoms with van der Waals surface area (Å²) in [6, 6.07) is 0. The maximum Gasteiger partial charge on any atom is 0.0326 e. The van der Waals surface area contributed by atoms with Gasteiger partial charge in [0.1, 0.15) is 0 Å². The van der Waals surface area contributed by atoms with Crippen molar-refractivity contribution in [2.24, 2.45) is 4.99 Å². The fourth-order valence-corrected chi connectivity index (χ4v) is 0.310. The van der Waals surface area contributed by atoms with Crippen LogP contribution in [0, 0.1) is 0 Å². The van der Waals surface area contributed by atoms with Gasteiger partial charge in [-0.3, -0.25) is 4.99 Å². The Balaban J connectivity index is 3.53. The molecule has 0 saturated heterocycles. The summed E-state index contributed by atoms with van der Waals surface area (Å²) in [5.74, 6) is 0. The van der Waals surface area contributed by atoms with E-state index in [0.717, 1.165) is 12.1 Å². The Hall–Kier alpha value is -0.590. The molecule has 0 aromatic heterocycles. The Kier molecular flexibility index (Phi) is 4.23. The highest BCUT2D eigenvalue weighted by atomic mass is 14.7. The monoisotopic (exact) mass is 111 g/mol. The minimum Gasteiger partial charge on any atom is -0.266 e. The lowest BCUT2D eigenvalue weighted by Gasteiger charge is -1.84. The fourth-order valence-electron chi connectivity index (χ4n) is 0.310. The van der Waals surface area contributed by atoms with E-state index in [1.807, 2.05) is 26.1 Å². The Labute approximate surface area is 51.1 Å². The van der Waals surface area contributed by atoms with Crippen molar-refractivity contribution < 1.29 is 0 Å². The molecule has 0 atom stereocenters. The first-order valence-electron chi connectivity index (χ1n) is 2.96. The third kappa shape index (κ3) is 3.59. The summed E-state index contributed by atoms with van der Waals surface area (Å²) < 4.78 is 0. The van der Waals surface area contributed by atoms with E-state index in [-0.39, 0.29) is 0 Å². The molecule has 1 heteroatoms. The van der Waals surface area contributed by atoms with Gasteiger partial charge in [-0.1, -0.05) is 13.0 Å². The van der Waals surface area contributed by atoms with Gasteiger partial charge in [0, 0.05) is 11.9 Å². The normalized spacial score (nSPS) is 13.1. The largest absolute Gasteiger partial charge is 0.266 e. The lowest BCUT2D eigenvalue weighted by molar-refractivity contribution is 1.24. The molecule has 1 nitrogen and oxygen atoms in total. The molecule has 0 aliphatic heterocycles. The van der Waals surface area contributed by atoms with E-state index in [0.29, 0.717) is 0 Å². The molecule has 0 spiro atoms. The van der Waals surface area contributed by atoms with Crippen LogP contribution in [-0.2, 0) is 0 Å². The standard InChI is InChI=1S/C7H13N/c1-4-6-8-7(3)5-2/h5-6H,4H2,1-3H3/b7-5+,8-6?. The van der Waals surface area contributed by atoms with E-state index in [4.69, 9.17) is 0 Å². The van der Waals surface area contributed by atoms with Gasteiger partial charge in [0.05, 0.1) is 0 Å². The first kappa shape index (κ1) is 7.41. The number of nitrogens with zero attached hydrogens (tertiary/aromatic N) is 1. The van der Waals surface area contributed by atoms with Crippen molar-refractivity contribution in [2.45, 2.75) is 27.2 Å². The number of rotatable bonds is 2. The van der Waals surface area contributed by atoms with Crippen molar-refractivity contribution in [2.75, 3.05) is 0 Å². The molecule has 0 N–H and O–H groups in total. The quantitative estimate of drug-likeness (QED) is 0.485. The first-order valence-corrected chi connectivity index (χ1v) is 2.96. The van der Waals surface area contributed by atoms with Crippen LogP contribution >= 0.6 is 0 Å². The predicted molar refractivity (Wildman–Crippen MR) is 38.2 cm³/mol. The highest BCUT2D eigenvalue weighted by Gasteiger charge is 1.73. The summed E-state index contributed by atoms with van der Waals surface area (Å²) in [6.07, 6.45) is 4.92. The van der Waals surface area contributed by atoms with Crippen LogP contribution in [0.25, 0.3) is 0 Å². The van der Waals surface area contributed by atoms with Crippen molar-refractivity contribution in [3.05, 3.63) is 11.8 Å². The molecular weight excluding hydrogens is 98.1 g/mol. The second-order valence-electron chi connectivity index (χ2n) is 1.65. The number of allylic oxidation sites excluding steroid dienone is 2. The number of aliphatic imine (C=N–C) groups is 1. The van der Waals surface area contributed by atoms with E-state index in [9.17, 15) is 0 Å². The summed E-state index contributed by atoms with van der Waals surface area (Å²) in [5, 5.41) is 0. The van der Waals surface area contributed by atoms with Gasteiger partial charge >= 0.3 is 0 Å². The zero-order valence-corrected chi connectivity index (χ0v) is 5.81. The van der Waals surface area contributed by atoms with Crippen molar-refractivity contribution in [1.29, 1.82) is 0 Å². The molecule has 0 heterocycles. The van der Waals surface area contributed by atoms with Crippen molar-refractivity contribution in [3.63, 3.8) is 0 Å². The summed E-state index contributed by atoms with van der Waals surface area (Å²) >= 11 is 0. The van der Waals surface area contributed by atoms with Crippen LogP contribution in [0.15, 0.2) is 16.8 Å². The van der Waals surface area contributed by atoms with Gasteiger partial charge in [0.15, 0.2) is 0 Å². The van der Waals surface area contributed by atoms with Gasteiger partial charge in [0.25, 0.3) is 0 Å². The molecule has 0 bridgehead atoms. The SMILES string of the molecule is C/C=C(\C)N=CCC. The van der Waals surface area contributed by atoms with Gasteiger partial charge in [-0.15, -0.1) is 0 Å². The van der Waals surface area contributed by atoms with Crippen LogP contribution in [0.2, 0.25) is 0 Å². The van der Waals surface area contributed by atoms with Crippen molar-refractivity contribution >= 4 is 6.21 Å². The Morgan fingerprint density at radius 3 is 2.62 bits per heavy atom. The van der Waals surface area contributed by atoms with Crippen LogP contribution in [-0.4, -0.2) is 6.21 Å². The molecule has 0 fully saturated rings. The summed E-state index contributed by atoms with van der Waals surface area (Å²) in [6.45, 7) is 6.06. The van der Waals surface area contributed by atoms with Crippen LogP contribution in [0.5, 0.6) is 0 Å². The molecule has 0 aromatic carbocycles. The van der Waals surface area contributed by atoms with Gasteiger partial charge in [-0.2, -0.15) is 0 Å². The first-order chi connectivity index (χ1) is 3.81. The maximum absolute atomic E-state index is 4.10. The molecule has 0 radical (unpaired) electrons. The molecule has 0 aliphatic carbocycles. The molecule has 46 valence electrons. The Morgan fingerprint density at radius 1 is 1.62 bits per heavy atom. The molecule has 0 amide bonds. The van der Waals surface area contributed by atoms with Crippen LogP contribution in [0.1, 0.15) is 27.2 Å². The van der Waals surface area contributed by atoms with Crippen molar-refractivity contribution in [3.8, 4) is 0 Å². The Bertz CT molecular complexity index is 101. The van der Waals surface area contributed by atoms with E-state index < -0.39 is 0 Å². The third-order valence-corrected chi connectivity index (χ3v) is 0.895. The van der Waals surface area contributed by atoms with Gasteiger partial charge < -0.3 is 0 Å². The topological polar surface area (TPSA) is 12.4 Å². The van der Waals surface area contributed by atoms with E-state index in [1.54, 1.807) is 0 Å². The van der Waals surface area contributed by atoms with E-state index in [2.05, 4.69) is 11.9 Å². The van der Waals surface area contributed by atoms with Crippen molar-refractivity contribution in [1.82, 2.24) is 0 Å². The van der Waals surface area contributed by atoms with E-state index in [1.165, 1.54) is 0 Å². The zero-order chi connectivity index (χ0) is 6.41. The summed E-state index contributed by atoms with van der Waals surface area (Å²) in [4.78, 5) is 4.10. The highest BCUT2D eigenvalue weighted by Crippen LogP contribution is 1.90. The van der Waals surface area contributed by atoms with Gasteiger partial charge in [-0.25, -0.2) is 0 Å². The van der Waals surface area contributed by atoms with Crippen LogP contribution < -0.4 is 0 Å². The van der Waals surface area contributed by atoms with E-state index >= 15 is 0 Å². The third-order valence-electron chi connectivity index (χ3n) is 0.895. The molecule has 0 aromatic rings. The molecular formula is C7H13N.